The van der Waals surface area contributed by atoms with Crippen LogP contribution < -0.4 is 0 Å². The molecule has 2 bridgehead atoms. The van der Waals surface area contributed by atoms with Crippen LogP contribution in [-0.4, -0.2) is 27.6 Å². The Bertz CT molecular complexity index is 483. The molecule has 1 heterocycles. The van der Waals surface area contributed by atoms with Gasteiger partial charge in [-0.05, 0) is 50.9 Å². The van der Waals surface area contributed by atoms with E-state index in [4.69, 9.17) is 4.74 Å². The average molecular weight is 263 g/mol. The number of rotatable bonds is 4. The normalized spacial score (nSPS) is 28.8. The lowest BCUT2D eigenvalue weighted by Gasteiger charge is -2.21. The van der Waals surface area contributed by atoms with Crippen molar-refractivity contribution in [2.75, 3.05) is 6.61 Å². The maximum Gasteiger partial charge on any atom is 0.360 e. The SMILES string of the molecule is CCOC(=O)c1nnn(CC2CC3CCC2C3)c1C. The molecule has 0 aliphatic heterocycles. The highest BCUT2D eigenvalue weighted by molar-refractivity contribution is 5.88. The molecule has 5 nitrogen and oxygen atoms in total. The molecule has 0 N–H and O–H groups in total. The summed E-state index contributed by atoms with van der Waals surface area (Å²) in [5, 5.41) is 8.11. The van der Waals surface area contributed by atoms with Crippen molar-refractivity contribution in [1.29, 1.82) is 0 Å². The number of aromatic nitrogens is 3. The molecule has 3 unspecified atom stereocenters. The summed E-state index contributed by atoms with van der Waals surface area (Å²) in [6, 6.07) is 0. The summed E-state index contributed by atoms with van der Waals surface area (Å²) in [4.78, 5) is 11.7. The summed E-state index contributed by atoms with van der Waals surface area (Å²) in [5.74, 6) is 2.15. The molecule has 5 heteroatoms. The highest BCUT2D eigenvalue weighted by Crippen LogP contribution is 2.48. The molecule has 0 amide bonds. The molecular weight excluding hydrogens is 242 g/mol. The van der Waals surface area contributed by atoms with Gasteiger partial charge in [0.1, 0.15) is 0 Å². The Morgan fingerprint density at radius 1 is 1.42 bits per heavy atom. The maximum absolute atomic E-state index is 11.7. The molecule has 3 rings (SSSR count). The Labute approximate surface area is 113 Å². The van der Waals surface area contributed by atoms with Crippen molar-refractivity contribution in [3.05, 3.63) is 11.4 Å². The quantitative estimate of drug-likeness (QED) is 0.781. The third kappa shape index (κ3) is 2.26. The van der Waals surface area contributed by atoms with E-state index in [0.717, 1.165) is 24.1 Å². The molecule has 2 aliphatic rings. The van der Waals surface area contributed by atoms with Gasteiger partial charge in [0.05, 0.1) is 12.3 Å². The first kappa shape index (κ1) is 12.6. The molecule has 19 heavy (non-hydrogen) atoms. The van der Waals surface area contributed by atoms with Gasteiger partial charge in [0.2, 0.25) is 0 Å². The summed E-state index contributed by atoms with van der Waals surface area (Å²) in [5.41, 5.74) is 1.20. The van der Waals surface area contributed by atoms with Gasteiger partial charge in [-0.15, -0.1) is 5.10 Å². The second kappa shape index (κ2) is 4.94. The molecule has 2 saturated carbocycles. The van der Waals surface area contributed by atoms with E-state index in [0.29, 0.717) is 18.2 Å². The molecule has 0 spiro atoms. The van der Waals surface area contributed by atoms with Gasteiger partial charge in [-0.3, -0.25) is 0 Å². The largest absolute Gasteiger partial charge is 0.461 e. The van der Waals surface area contributed by atoms with Crippen molar-refractivity contribution in [2.45, 2.75) is 46.1 Å². The van der Waals surface area contributed by atoms with Crippen LogP contribution in [0.25, 0.3) is 0 Å². The van der Waals surface area contributed by atoms with Gasteiger partial charge >= 0.3 is 5.97 Å². The zero-order valence-electron chi connectivity index (χ0n) is 11.6. The number of ether oxygens (including phenoxy) is 1. The van der Waals surface area contributed by atoms with Crippen LogP contribution in [0.5, 0.6) is 0 Å². The van der Waals surface area contributed by atoms with Gasteiger partial charge in [-0.2, -0.15) is 0 Å². The smallest absolute Gasteiger partial charge is 0.360 e. The molecule has 2 aliphatic carbocycles. The van der Waals surface area contributed by atoms with E-state index in [1.807, 2.05) is 11.6 Å². The van der Waals surface area contributed by atoms with Crippen LogP contribution >= 0.6 is 0 Å². The summed E-state index contributed by atoms with van der Waals surface area (Å²) in [6.07, 6.45) is 5.49. The second-order valence-electron chi connectivity index (χ2n) is 5.86. The topological polar surface area (TPSA) is 57.0 Å². The first-order chi connectivity index (χ1) is 9.19. The summed E-state index contributed by atoms with van der Waals surface area (Å²) < 4.78 is 6.87. The average Bonchev–Trinajstić information content (AvgIpc) is 3.07. The minimum Gasteiger partial charge on any atom is -0.461 e. The Kier molecular flexibility index (Phi) is 3.29. The zero-order valence-corrected chi connectivity index (χ0v) is 11.6. The van der Waals surface area contributed by atoms with Crippen LogP contribution in [0.3, 0.4) is 0 Å². The fraction of sp³-hybridized carbons (Fsp3) is 0.786. The van der Waals surface area contributed by atoms with Gasteiger partial charge < -0.3 is 4.74 Å². The lowest BCUT2D eigenvalue weighted by atomic mass is 9.89. The Hall–Kier alpha value is -1.39. The molecule has 2 fully saturated rings. The lowest BCUT2D eigenvalue weighted by Crippen LogP contribution is -2.19. The minimum absolute atomic E-state index is 0.362. The number of hydrogen-bond donors (Lipinski definition) is 0. The van der Waals surface area contributed by atoms with Gasteiger partial charge in [-0.1, -0.05) is 11.6 Å². The molecular formula is C14H21N3O2. The van der Waals surface area contributed by atoms with Crippen LogP contribution in [0.1, 0.15) is 48.8 Å². The molecule has 0 aromatic carbocycles. The van der Waals surface area contributed by atoms with Crippen molar-refractivity contribution in [3.63, 3.8) is 0 Å². The predicted molar refractivity (Wildman–Crippen MR) is 69.7 cm³/mol. The fourth-order valence-electron chi connectivity index (χ4n) is 3.74. The monoisotopic (exact) mass is 263 g/mol. The number of hydrogen-bond acceptors (Lipinski definition) is 4. The summed E-state index contributed by atoms with van der Waals surface area (Å²) in [6.45, 7) is 4.98. The first-order valence-electron chi connectivity index (χ1n) is 7.26. The highest BCUT2D eigenvalue weighted by Gasteiger charge is 2.39. The standard InChI is InChI=1S/C14H21N3O2/c1-3-19-14(18)13-9(2)17(16-15-13)8-12-7-10-4-5-11(12)6-10/h10-12H,3-8H2,1-2H3. The van der Waals surface area contributed by atoms with Crippen LogP contribution in [-0.2, 0) is 11.3 Å². The molecule has 3 atom stereocenters. The van der Waals surface area contributed by atoms with Crippen molar-refractivity contribution in [2.24, 2.45) is 17.8 Å². The molecule has 104 valence electrons. The molecule has 0 radical (unpaired) electrons. The number of carbonyl (C=O) groups is 1. The van der Waals surface area contributed by atoms with Crippen molar-refractivity contribution < 1.29 is 9.53 Å². The minimum atomic E-state index is -0.362. The zero-order chi connectivity index (χ0) is 13.4. The number of carbonyl (C=O) groups excluding carboxylic acids is 1. The van der Waals surface area contributed by atoms with Crippen molar-refractivity contribution in [3.8, 4) is 0 Å². The van der Waals surface area contributed by atoms with Gasteiger partial charge in [-0.25, -0.2) is 9.48 Å². The van der Waals surface area contributed by atoms with Gasteiger partial charge in [0, 0.05) is 6.54 Å². The van der Waals surface area contributed by atoms with E-state index in [1.165, 1.54) is 25.7 Å². The van der Waals surface area contributed by atoms with Crippen LogP contribution in [0.15, 0.2) is 0 Å². The van der Waals surface area contributed by atoms with Crippen LogP contribution in [0.4, 0.5) is 0 Å². The molecule has 1 aromatic rings. The Balaban J connectivity index is 1.70. The first-order valence-corrected chi connectivity index (χ1v) is 7.26. The third-order valence-corrected chi connectivity index (χ3v) is 4.74. The van der Waals surface area contributed by atoms with E-state index < -0.39 is 0 Å². The van der Waals surface area contributed by atoms with Gasteiger partial charge in [0.25, 0.3) is 0 Å². The molecule has 1 aromatic heterocycles. The van der Waals surface area contributed by atoms with Gasteiger partial charge in [0.15, 0.2) is 5.69 Å². The van der Waals surface area contributed by atoms with Crippen LogP contribution in [0.2, 0.25) is 0 Å². The Morgan fingerprint density at radius 3 is 2.89 bits per heavy atom. The van der Waals surface area contributed by atoms with E-state index in [9.17, 15) is 4.79 Å². The maximum atomic E-state index is 11.7. The highest BCUT2D eigenvalue weighted by atomic mass is 16.5. The number of fused-ring (bicyclic) bond motifs is 2. The predicted octanol–water partition coefficient (Wildman–Crippen LogP) is 2.20. The summed E-state index contributed by atoms with van der Waals surface area (Å²) in [7, 11) is 0. The van der Waals surface area contributed by atoms with E-state index in [-0.39, 0.29) is 5.97 Å². The van der Waals surface area contributed by atoms with E-state index >= 15 is 0 Å². The fourth-order valence-corrected chi connectivity index (χ4v) is 3.74. The second-order valence-corrected chi connectivity index (χ2v) is 5.86. The summed E-state index contributed by atoms with van der Waals surface area (Å²) >= 11 is 0. The van der Waals surface area contributed by atoms with Crippen molar-refractivity contribution in [1.82, 2.24) is 15.0 Å². The molecule has 0 saturated heterocycles. The Morgan fingerprint density at radius 2 is 2.26 bits per heavy atom. The lowest BCUT2D eigenvalue weighted by molar-refractivity contribution is 0.0518. The van der Waals surface area contributed by atoms with E-state index in [1.54, 1.807) is 6.92 Å². The van der Waals surface area contributed by atoms with Crippen molar-refractivity contribution >= 4 is 5.97 Å². The third-order valence-electron chi connectivity index (χ3n) is 4.74. The number of esters is 1. The van der Waals surface area contributed by atoms with Crippen LogP contribution in [0, 0.1) is 24.7 Å². The van der Waals surface area contributed by atoms with E-state index in [2.05, 4.69) is 10.3 Å². The number of nitrogens with zero attached hydrogens (tertiary/aromatic N) is 3.